The Morgan fingerprint density at radius 3 is 2.53 bits per heavy atom. The minimum Gasteiger partial charge on any atom is -0.341 e. The number of carbonyl (C=O) groups is 1. The largest absolute Gasteiger partial charge is 0.341 e. The summed E-state index contributed by atoms with van der Waals surface area (Å²) in [5.74, 6) is 2.70. The number of hydrogen-bond acceptors (Lipinski definition) is 5. The van der Waals surface area contributed by atoms with Crippen molar-refractivity contribution in [2.24, 2.45) is 11.8 Å². The molecule has 1 saturated heterocycles. The fourth-order valence-corrected chi connectivity index (χ4v) is 5.37. The van der Waals surface area contributed by atoms with Gasteiger partial charge in [0, 0.05) is 31.0 Å². The molecular formula is C25H31N5OS. The predicted molar refractivity (Wildman–Crippen MR) is 129 cm³/mol. The van der Waals surface area contributed by atoms with Crippen LogP contribution in [0.4, 0.5) is 0 Å². The number of piperidine rings is 1. The van der Waals surface area contributed by atoms with Crippen molar-refractivity contribution in [1.29, 1.82) is 0 Å². The van der Waals surface area contributed by atoms with Gasteiger partial charge in [0.15, 0.2) is 11.0 Å². The molecule has 168 valence electrons. The van der Waals surface area contributed by atoms with Gasteiger partial charge in [-0.05, 0) is 47.9 Å². The van der Waals surface area contributed by atoms with Crippen LogP contribution in [0.5, 0.6) is 0 Å². The number of nitrogens with zero attached hydrogens (tertiary/aromatic N) is 5. The fourth-order valence-electron chi connectivity index (χ4n) is 4.53. The quantitative estimate of drug-likeness (QED) is 0.493. The topological polar surface area (TPSA) is 63.9 Å². The number of para-hydroxylation sites is 1. The minimum absolute atomic E-state index is 0.169. The summed E-state index contributed by atoms with van der Waals surface area (Å²) in [6.07, 6.45) is 4.74. The van der Waals surface area contributed by atoms with Gasteiger partial charge in [0.25, 0.3) is 0 Å². The van der Waals surface area contributed by atoms with Crippen molar-refractivity contribution in [3.8, 4) is 17.1 Å². The second-order valence-electron chi connectivity index (χ2n) is 9.13. The Balaban J connectivity index is 1.66. The number of rotatable bonds is 6. The van der Waals surface area contributed by atoms with Crippen molar-refractivity contribution in [3.63, 3.8) is 0 Å². The molecule has 0 saturated carbocycles. The summed E-state index contributed by atoms with van der Waals surface area (Å²) in [5.41, 5.74) is 3.15. The maximum Gasteiger partial charge on any atom is 0.233 e. The molecule has 6 nitrogen and oxygen atoms in total. The average Bonchev–Trinajstić information content (AvgIpc) is 3.21. The predicted octanol–water partition coefficient (Wildman–Crippen LogP) is 5.05. The lowest BCUT2D eigenvalue weighted by Crippen LogP contribution is -2.43. The highest BCUT2D eigenvalue weighted by molar-refractivity contribution is 7.99. The first-order chi connectivity index (χ1) is 15.4. The molecule has 1 amide bonds. The second-order valence-corrected chi connectivity index (χ2v) is 10.1. The van der Waals surface area contributed by atoms with Gasteiger partial charge in [-0.25, -0.2) is 0 Å². The summed E-state index contributed by atoms with van der Waals surface area (Å²) in [6, 6.07) is 12.2. The van der Waals surface area contributed by atoms with Crippen molar-refractivity contribution < 1.29 is 4.79 Å². The van der Waals surface area contributed by atoms with Crippen molar-refractivity contribution in [3.05, 3.63) is 54.4 Å². The third-order valence-corrected chi connectivity index (χ3v) is 6.81. The average molecular weight is 450 g/mol. The molecule has 2 aromatic heterocycles. The van der Waals surface area contributed by atoms with E-state index in [2.05, 4.69) is 65.6 Å². The Kier molecular flexibility index (Phi) is 6.94. The molecule has 1 aromatic carbocycles. The second kappa shape index (κ2) is 9.86. The number of likely N-dealkylation sites (tertiary alicyclic amines) is 1. The number of pyridine rings is 1. The molecule has 0 radical (unpaired) electrons. The van der Waals surface area contributed by atoms with Gasteiger partial charge >= 0.3 is 0 Å². The van der Waals surface area contributed by atoms with Gasteiger partial charge in [-0.3, -0.25) is 14.3 Å². The molecular weight excluding hydrogens is 418 g/mol. The van der Waals surface area contributed by atoms with Crippen LogP contribution in [0.1, 0.15) is 45.6 Å². The maximum atomic E-state index is 13.0. The zero-order valence-corrected chi connectivity index (χ0v) is 20.0. The molecule has 3 heterocycles. The van der Waals surface area contributed by atoms with Crippen LogP contribution in [0.15, 0.2) is 53.9 Å². The third-order valence-electron chi connectivity index (χ3n) is 5.90. The van der Waals surface area contributed by atoms with Gasteiger partial charge in [-0.15, -0.1) is 10.2 Å². The molecule has 7 heteroatoms. The Hall–Kier alpha value is -2.67. The fraction of sp³-hybridized carbons (Fsp3) is 0.440. The number of benzene rings is 1. The number of aromatic nitrogens is 4. The lowest BCUT2D eigenvalue weighted by atomic mass is 9.92. The van der Waals surface area contributed by atoms with Crippen LogP contribution in [0.2, 0.25) is 0 Å². The van der Waals surface area contributed by atoms with Crippen molar-refractivity contribution in [1.82, 2.24) is 24.6 Å². The normalized spacial score (nSPS) is 18.8. The van der Waals surface area contributed by atoms with E-state index < -0.39 is 0 Å². The zero-order chi connectivity index (χ0) is 22.7. The Labute approximate surface area is 194 Å². The summed E-state index contributed by atoms with van der Waals surface area (Å²) in [6.45, 7) is 10.5. The van der Waals surface area contributed by atoms with Crippen LogP contribution in [0, 0.1) is 11.8 Å². The van der Waals surface area contributed by atoms with E-state index in [1.54, 1.807) is 12.4 Å². The Morgan fingerprint density at radius 2 is 1.84 bits per heavy atom. The van der Waals surface area contributed by atoms with Gasteiger partial charge in [-0.2, -0.15) is 0 Å². The van der Waals surface area contributed by atoms with E-state index in [-0.39, 0.29) is 5.91 Å². The van der Waals surface area contributed by atoms with Crippen molar-refractivity contribution in [2.75, 3.05) is 18.8 Å². The third kappa shape index (κ3) is 4.88. The SMILES string of the molecule is CC(C)c1ccccc1-n1c(SCC(=O)N2C[C@H](C)C[C@@H](C)C2)nnc1-c1cccnc1. The van der Waals surface area contributed by atoms with Gasteiger partial charge in [0.2, 0.25) is 5.91 Å². The van der Waals surface area contributed by atoms with Crippen molar-refractivity contribution >= 4 is 17.7 Å². The first-order valence-corrected chi connectivity index (χ1v) is 12.3. The summed E-state index contributed by atoms with van der Waals surface area (Å²) in [5, 5.41) is 9.72. The molecule has 0 spiro atoms. The first kappa shape index (κ1) is 22.5. The lowest BCUT2D eigenvalue weighted by molar-refractivity contribution is -0.130. The summed E-state index contributed by atoms with van der Waals surface area (Å²) >= 11 is 1.46. The summed E-state index contributed by atoms with van der Waals surface area (Å²) < 4.78 is 2.08. The molecule has 0 aliphatic carbocycles. The van der Waals surface area contributed by atoms with E-state index >= 15 is 0 Å². The van der Waals surface area contributed by atoms with Gasteiger partial charge in [0.1, 0.15) is 0 Å². The zero-order valence-electron chi connectivity index (χ0n) is 19.2. The van der Waals surface area contributed by atoms with Crippen molar-refractivity contribution in [2.45, 2.75) is 45.2 Å². The molecule has 0 unspecified atom stereocenters. The highest BCUT2D eigenvalue weighted by Crippen LogP contribution is 2.32. The van der Waals surface area contributed by atoms with E-state index in [1.807, 2.05) is 23.1 Å². The highest BCUT2D eigenvalue weighted by Gasteiger charge is 2.26. The molecule has 3 aromatic rings. The van der Waals surface area contributed by atoms with Gasteiger partial charge in [0.05, 0.1) is 11.4 Å². The maximum absolute atomic E-state index is 13.0. The molecule has 2 atom stereocenters. The molecule has 4 rings (SSSR count). The Morgan fingerprint density at radius 1 is 1.09 bits per heavy atom. The van der Waals surface area contributed by atoms with Crippen LogP contribution in [-0.4, -0.2) is 49.4 Å². The van der Waals surface area contributed by atoms with Crippen LogP contribution >= 0.6 is 11.8 Å². The van der Waals surface area contributed by atoms with Crippen LogP contribution in [-0.2, 0) is 4.79 Å². The number of carbonyl (C=O) groups excluding carboxylic acids is 1. The van der Waals surface area contributed by atoms with Crippen LogP contribution in [0.3, 0.4) is 0 Å². The first-order valence-electron chi connectivity index (χ1n) is 11.3. The van der Waals surface area contributed by atoms with Crippen LogP contribution < -0.4 is 0 Å². The van der Waals surface area contributed by atoms with E-state index in [4.69, 9.17) is 0 Å². The standard InChI is InChI=1S/C25H31N5OS/c1-17(2)21-9-5-6-10-22(21)30-24(20-8-7-11-26-13-20)27-28-25(30)32-16-23(31)29-14-18(3)12-19(4)15-29/h5-11,13,17-19H,12,14-16H2,1-4H3/t18-,19-/m1/s1. The van der Waals surface area contributed by atoms with E-state index in [0.717, 1.165) is 35.3 Å². The van der Waals surface area contributed by atoms with E-state index in [9.17, 15) is 4.79 Å². The highest BCUT2D eigenvalue weighted by atomic mass is 32.2. The number of hydrogen-bond donors (Lipinski definition) is 0. The monoisotopic (exact) mass is 449 g/mol. The molecule has 1 aliphatic heterocycles. The summed E-state index contributed by atoms with van der Waals surface area (Å²) in [7, 11) is 0. The van der Waals surface area contributed by atoms with Crippen LogP contribution in [0.25, 0.3) is 17.1 Å². The van der Waals surface area contributed by atoms with Gasteiger partial charge < -0.3 is 4.90 Å². The molecule has 32 heavy (non-hydrogen) atoms. The smallest absolute Gasteiger partial charge is 0.233 e. The molecule has 0 N–H and O–H groups in total. The molecule has 0 bridgehead atoms. The number of thioether (sulfide) groups is 1. The minimum atomic E-state index is 0.169. The Bertz CT molecular complexity index is 1060. The molecule has 1 aliphatic rings. The summed E-state index contributed by atoms with van der Waals surface area (Å²) in [4.78, 5) is 19.3. The van der Waals surface area contributed by atoms with Gasteiger partial charge in [-0.1, -0.05) is 57.7 Å². The number of amides is 1. The molecule has 1 fully saturated rings. The van der Waals surface area contributed by atoms with E-state index in [1.165, 1.54) is 23.7 Å². The van der Waals surface area contributed by atoms with E-state index in [0.29, 0.717) is 23.5 Å². The lowest BCUT2D eigenvalue weighted by Gasteiger charge is -2.35.